The summed E-state index contributed by atoms with van der Waals surface area (Å²) in [6.07, 6.45) is 3.19. The van der Waals surface area contributed by atoms with E-state index in [0.717, 1.165) is 46.2 Å². The maximum atomic E-state index is 13.6. The molecule has 5 rings (SSSR count). The SMILES string of the molecule is CNC(=C1CC1)c1c(-c2ccc(F)cc2)oc2cc(N(C)S(C)(=O)=O)c(-c3ccccc3)cc12. The molecule has 1 fully saturated rings. The maximum Gasteiger partial charge on any atom is 0.232 e. The van der Waals surface area contributed by atoms with Crippen LogP contribution in [0.2, 0.25) is 0 Å². The Kier molecular flexibility index (Phi) is 5.44. The van der Waals surface area contributed by atoms with Crippen molar-refractivity contribution in [2.24, 2.45) is 0 Å². The first-order valence-electron chi connectivity index (χ1n) is 11.0. The number of benzene rings is 3. The molecule has 1 N–H and O–H groups in total. The van der Waals surface area contributed by atoms with Crippen molar-refractivity contribution in [3.63, 3.8) is 0 Å². The molecule has 4 aromatic rings. The highest BCUT2D eigenvalue weighted by Gasteiger charge is 2.28. The number of furan rings is 1. The molecule has 174 valence electrons. The average Bonchev–Trinajstić information content (AvgIpc) is 3.60. The Labute approximate surface area is 198 Å². The average molecular weight is 477 g/mol. The lowest BCUT2D eigenvalue weighted by atomic mass is 9.97. The van der Waals surface area contributed by atoms with Gasteiger partial charge in [-0.25, -0.2) is 12.8 Å². The molecule has 1 saturated carbocycles. The number of anilines is 1. The van der Waals surface area contributed by atoms with Crippen molar-refractivity contribution in [3.8, 4) is 22.5 Å². The fourth-order valence-electron chi connectivity index (χ4n) is 4.26. The van der Waals surface area contributed by atoms with Gasteiger partial charge in [0.05, 0.1) is 17.5 Å². The lowest BCUT2D eigenvalue weighted by Gasteiger charge is -2.21. The van der Waals surface area contributed by atoms with Crippen LogP contribution in [0.3, 0.4) is 0 Å². The third-order valence-corrected chi connectivity index (χ3v) is 7.38. The summed E-state index contributed by atoms with van der Waals surface area (Å²) < 4.78 is 46.2. The Hall–Kier alpha value is -3.58. The van der Waals surface area contributed by atoms with E-state index >= 15 is 0 Å². The maximum absolute atomic E-state index is 13.6. The molecule has 0 radical (unpaired) electrons. The van der Waals surface area contributed by atoms with E-state index in [4.69, 9.17) is 4.42 Å². The van der Waals surface area contributed by atoms with E-state index in [-0.39, 0.29) is 5.82 Å². The van der Waals surface area contributed by atoms with Crippen molar-refractivity contribution in [3.05, 3.63) is 83.7 Å². The molecule has 0 atom stereocenters. The first-order chi connectivity index (χ1) is 16.3. The second kappa shape index (κ2) is 8.33. The zero-order valence-electron chi connectivity index (χ0n) is 19.2. The smallest absolute Gasteiger partial charge is 0.232 e. The monoisotopic (exact) mass is 476 g/mol. The first-order valence-corrected chi connectivity index (χ1v) is 12.9. The summed E-state index contributed by atoms with van der Waals surface area (Å²) in [5.74, 6) is 0.302. The zero-order valence-corrected chi connectivity index (χ0v) is 20.0. The van der Waals surface area contributed by atoms with Crippen molar-refractivity contribution in [2.75, 3.05) is 24.7 Å². The molecule has 3 aromatic carbocycles. The van der Waals surface area contributed by atoms with E-state index in [1.165, 1.54) is 28.3 Å². The van der Waals surface area contributed by atoms with Gasteiger partial charge in [0.25, 0.3) is 0 Å². The number of nitrogens with one attached hydrogen (secondary N) is 1. The Bertz CT molecular complexity index is 1520. The highest BCUT2D eigenvalue weighted by Crippen LogP contribution is 2.46. The number of rotatable bonds is 6. The van der Waals surface area contributed by atoms with Crippen LogP contribution in [0, 0.1) is 5.82 Å². The second-order valence-corrected chi connectivity index (χ2v) is 10.5. The summed E-state index contributed by atoms with van der Waals surface area (Å²) in [7, 11) is -0.0841. The fraction of sp³-hybridized carbons (Fsp3) is 0.185. The summed E-state index contributed by atoms with van der Waals surface area (Å²) in [6.45, 7) is 0. The molecule has 0 aliphatic heterocycles. The van der Waals surface area contributed by atoms with Gasteiger partial charge in [0.1, 0.15) is 17.2 Å². The van der Waals surface area contributed by atoms with Crippen LogP contribution in [0.1, 0.15) is 18.4 Å². The summed E-state index contributed by atoms with van der Waals surface area (Å²) in [5, 5.41) is 4.21. The van der Waals surface area contributed by atoms with Crippen molar-refractivity contribution < 1.29 is 17.2 Å². The van der Waals surface area contributed by atoms with Crippen LogP contribution in [0.4, 0.5) is 10.1 Å². The summed E-state index contributed by atoms with van der Waals surface area (Å²) in [5.41, 5.74) is 6.72. The van der Waals surface area contributed by atoms with Crippen molar-refractivity contribution in [1.29, 1.82) is 0 Å². The largest absolute Gasteiger partial charge is 0.455 e. The van der Waals surface area contributed by atoms with E-state index in [9.17, 15) is 12.8 Å². The number of fused-ring (bicyclic) bond motifs is 1. The molecule has 1 aromatic heterocycles. The number of hydrogen-bond acceptors (Lipinski definition) is 4. The molecule has 0 saturated heterocycles. The Balaban J connectivity index is 1.86. The minimum atomic E-state index is -3.51. The number of hydrogen-bond donors (Lipinski definition) is 1. The predicted octanol–water partition coefficient (Wildman–Crippen LogP) is 6.03. The van der Waals surface area contributed by atoms with Gasteiger partial charge in [-0.2, -0.15) is 0 Å². The Morgan fingerprint density at radius 1 is 1.00 bits per heavy atom. The van der Waals surface area contributed by atoms with Gasteiger partial charge < -0.3 is 9.73 Å². The van der Waals surface area contributed by atoms with Gasteiger partial charge in [0.15, 0.2) is 0 Å². The van der Waals surface area contributed by atoms with Crippen LogP contribution in [-0.4, -0.2) is 28.8 Å². The summed E-state index contributed by atoms with van der Waals surface area (Å²) >= 11 is 0. The number of allylic oxidation sites excluding steroid dienone is 1. The molecule has 1 aliphatic carbocycles. The van der Waals surface area contributed by atoms with Gasteiger partial charge in [-0.15, -0.1) is 0 Å². The van der Waals surface area contributed by atoms with E-state index in [1.54, 1.807) is 25.2 Å². The summed E-state index contributed by atoms with van der Waals surface area (Å²) in [4.78, 5) is 0. The van der Waals surface area contributed by atoms with Crippen LogP contribution in [0.15, 0.2) is 76.7 Å². The number of halogens is 1. The first kappa shape index (κ1) is 22.2. The zero-order chi connectivity index (χ0) is 24.0. The van der Waals surface area contributed by atoms with Crippen molar-refractivity contribution in [1.82, 2.24) is 5.32 Å². The van der Waals surface area contributed by atoms with Gasteiger partial charge in [-0.05, 0) is 54.3 Å². The molecule has 1 heterocycles. The molecule has 0 unspecified atom stereocenters. The fourth-order valence-corrected chi connectivity index (χ4v) is 4.77. The third-order valence-electron chi connectivity index (χ3n) is 6.19. The molecule has 0 bridgehead atoms. The number of nitrogens with zero attached hydrogens (tertiary/aromatic N) is 1. The third kappa shape index (κ3) is 3.96. The normalized spacial score (nSPS) is 13.2. The van der Waals surface area contributed by atoms with Crippen molar-refractivity contribution >= 4 is 32.4 Å². The lowest BCUT2D eigenvalue weighted by Crippen LogP contribution is -2.25. The lowest BCUT2D eigenvalue weighted by molar-refractivity contribution is 0.600. The van der Waals surface area contributed by atoms with Crippen molar-refractivity contribution in [2.45, 2.75) is 12.8 Å². The van der Waals surface area contributed by atoms with Crippen LogP contribution in [0.25, 0.3) is 39.1 Å². The molecule has 0 spiro atoms. The van der Waals surface area contributed by atoms with Gasteiger partial charge in [0, 0.05) is 42.4 Å². The van der Waals surface area contributed by atoms with Crippen LogP contribution in [0.5, 0.6) is 0 Å². The Morgan fingerprint density at radius 3 is 2.26 bits per heavy atom. The standard InChI is InChI=1S/C27H25FN2O3S/c1-29-26(18-9-10-18)25-22-15-21(17-7-5-4-6-8-17)23(30(2)34(3,31)32)16-24(22)33-27(25)19-11-13-20(28)14-12-19/h4-8,11-16,29H,9-10H2,1-3H3. The van der Waals surface area contributed by atoms with E-state index in [1.807, 2.05) is 43.4 Å². The molecular formula is C27H25FN2O3S. The van der Waals surface area contributed by atoms with Crippen LogP contribution < -0.4 is 9.62 Å². The highest BCUT2D eigenvalue weighted by atomic mass is 32.2. The molecular weight excluding hydrogens is 451 g/mol. The van der Waals surface area contributed by atoms with Gasteiger partial charge in [0.2, 0.25) is 10.0 Å². The molecule has 7 heteroatoms. The van der Waals surface area contributed by atoms with E-state index in [2.05, 4.69) is 5.32 Å². The number of sulfonamides is 1. The van der Waals surface area contributed by atoms with Gasteiger partial charge >= 0.3 is 0 Å². The van der Waals surface area contributed by atoms with Gasteiger partial charge in [-0.1, -0.05) is 30.3 Å². The minimum absolute atomic E-state index is 0.320. The molecule has 34 heavy (non-hydrogen) atoms. The summed E-state index contributed by atoms with van der Waals surface area (Å²) in [6, 6.07) is 19.7. The minimum Gasteiger partial charge on any atom is -0.455 e. The predicted molar refractivity (Wildman–Crippen MR) is 136 cm³/mol. The van der Waals surface area contributed by atoms with Gasteiger partial charge in [-0.3, -0.25) is 4.31 Å². The molecule has 0 amide bonds. The second-order valence-electron chi connectivity index (χ2n) is 8.50. The van der Waals surface area contributed by atoms with E-state index in [0.29, 0.717) is 17.0 Å². The quantitative estimate of drug-likeness (QED) is 0.369. The molecule has 5 nitrogen and oxygen atoms in total. The molecule has 1 aliphatic rings. The highest BCUT2D eigenvalue weighted by molar-refractivity contribution is 7.92. The van der Waals surface area contributed by atoms with Crippen LogP contribution >= 0.6 is 0 Å². The Morgan fingerprint density at radius 2 is 1.68 bits per heavy atom. The topological polar surface area (TPSA) is 62.6 Å². The van der Waals surface area contributed by atoms with Crippen LogP contribution in [-0.2, 0) is 10.0 Å². The van der Waals surface area contributed by atoms with E-state index < -0.39 is 10.0 Å².